The smallest absolute Gasteiger partial charge is 0.309 e. The van der Waals surface area contributed by atoms with Gasteiger partial charge in [-0.1, -0.05) is 84.6 Å². The second-order valence-electron chi connectivity index (χ2n) is 7.77. The van der Waals surface area contributed by atoms with Crippen LogP contribution in [-0.4, -0.2) is 18.7 Å². The maximum Gasteiger partial charge on any atom is 0.332 e. The van der Waals surface area contributed by atoms with Crippen LogP contribution in [0.4, 0.5) is 0 Å². The van der Waals surface area contributed by atoms with E-state index >= 15 is 0 Å². The quantitative estimate of drug-likeness (QED) is 0.387. The number of hydrogen-bond donors (Lipinski definition) is 0. The summed E-state index contributed by atoms with van der Waals surface area (Å²) < 4.78 is 4.55. The highest BCUT2D eigenvalue weighted by Gasteiger charge is 2.20. The van der Waals surface area contributed by atoms with Gasteiger partial charge in [0.2, 0.25) is 0 Å². The summed E-state index contributed by atoms with van der Waals surface area (Å²) in [4.78, 5) is 30.4. The van der Waals surface area contributed by atoms with E-state index in [1.807, 2.05) is 41.0 Å². The molecule has 0 aliphatic carbocycles. The Balaban J connectivity index is 1.69. The minimum atomic E-state index is -0.378. The monoisotopic (exact) mass is 442 g/mol. The van der Waals surface area contributed by atoms with Crippen LogP contribution in [0.2, 0.25) is 0 Å². The fourth-order valence-corrected chi connectivity index (χ4v) is 4.96. The van der Waals surface area contributed by atoms with Crippen molar-refractivity contribution in [3.63, 3.8) is 0 Å². The lowest BCUT2D eigenvalue weighted by atomic mass is 10.0. The molecule has 32 heavy (non-hydrogen) atoms. The molecule has 160 valence electrons. The third-order valence-corrected chi connectivity index (χ3v) is 6.78. The Morgan fingerprint density at radius 2 is 1.56 bits per heavy atom. The molecule has 2 aromatic heterocycles. The maximum atomic E-state index is 13.1. The van der Waals surface area contributed by atoms with Gasteiger partial charge in [-0.25, -0.2) is 9.78 Å². The highest BCUT2D eigenvalue weighted by atomic mass is 32.2. The first kappa shape index (κ1) is 20.3. The summed E-state index contributed by atoms with van der Waals surface area (Å²) in [5, 5.41) is 3.00. The van der Waals surface area contributed by atoms with Gasteiger partial charge in [-0.15, -0.1) is 0 Å². The number of thioether (sulfide) groups is 1. The molecule has 5 rings (SSSR count). The third kappa shape index (κ3) is 3.44. The number of fused-ring (bicyclic) bond motifs is 2. The van der Waals surface area contributed by atoms with Crippen molar-refractivity contribution in [3.8, 4) is 0 Å². The van der Waals surface area contributed by atoms with Gasteiger partial charge in [0, 0.05) is 19.8 Å². The first-order valence-corrected chi connectivity index (χ1v) is 11.3. The highest BCUT2D eigenvalue weighted by Crippen LogP contribution is 2.28. The Morgan fingerprint density at radius 3 is 2.38 bits per heavy atom. The van der Waals surface area contributed by atoms with Gasteiger partial charge in [0.05, 0.1) is 6.54 Å². The lowest BCUT2D eigenvalue weighted by Gasteiger charge is -2.12. The van der Waals surface area contributed by atoms with Crippen LogP contribution in [0.15, 0.2) is 87.5 Å². The minimum Gasteiger partial charge on any atom is -0.309 e. The Hall–Kier alpha value is -3.58. The summed E-state index contributed by atoms with van der Waals surface area (Å²) in [5.74, 6) is 0.716. The zero-order chi connectivity index (χ0) is 22.2. The number of benzene rings is 3. The summed E-state index contributed by atoms with van der Waals surface area (Å²) in [6, 6.07) is 24.5. The van der Waals surface area contributed by atoms with Crippen LogP contribution in [0, 0.1) is 0 Å². The van der Waals surface area contributed by atoms with Crippen molar-refractivity contribution in [2.45, 2.75) is 17.5 Å². The van der Waals surface area contributed by atoms with E-state index in [1.54, 1.807) is 18.8 Å². The number of hydrogen-bond acceptors (Lipinski definition) is 4. The van der Waals surface area contributed by atoms with Crippen LogP contribution in [0.1, 0.15) is 11.1 Å². The fourth-order valence-electron chi connectivity index (χ4n) is 4.01. The van der Waals surface area contributed by atoms with E-state index in [1.165, 1.54) is 17.2 Å². The molecular weight excluding hydrogens is 420 g/mol. The van der Waals surface area contributed by atoms with Gasteiger partial charge < -0.3 is 4.57 Å². The number of aryl methyl sites for hydroxylation is 1. The lowest BCUT2D eigenvalue weighted by Crippen LogP contribution is -2.37. The van der Waals surface area contributed by atoms with Gasteiger partial charge in [-0.05, 0) is 21.9 Å². The second-order valence-corrected chi connectivity index (χ2v) is 8.71. The molecule has 0 radical (unpaired) electrons. The molecule has 6 nitrogen and oxygen atoms in total. The van der Waals surface area contributed by atoms with Gasteiger partial charge in [0.15, 0.2) is 16.3 Å². The Bertz CT molecular complexity index is 1560. The van der Waals surface area contributed by atoms with Crippen molar-refractivity contribution in [1.29, 1.82) is 0 Å². The van der Waals surface area contributed by atoms with Crippen molar-refractivity contribution in [2.75, 3.05) is 0 Å². The first-order valence-electron chi connectivity index (χ1n) is 10.3. The predicted molar refractivity (Wildman–Crippen MR) is 129 cm³/mol. The van der Waals surface area contributed by atoms with Crippen molar-refractivity contribution in [3.05, 3.63) is 105 Å². The van der Waals surface area contributed by atoms with Crippen molar-refractivity contribution in [2.24, 2.45) is 14.1 Å². The average Bonchev–Trinajstić information content (AvgIpc) is 3.19. The highest BCUT2D eigenvalue weighted by molar-refractivity contribution is 7.98. The molecule has 0 amide bonds. The zero-order valence-corrected chi connectivity index (χ0v) is 18.7. The first-order chi connectivity index (χ1) is 15.5. The fraction of sp³-hybridized carbons (Fsp3) is 0.160. The predicted octanol–water partition coefficient (Wildman–Crippen LogP) is 3.93. The molecular formula is C25H22N4O2S. The second kappa shape index (κ2) is 8.16. The summed E-state index contributed by atoms with van der Waals surface area (Å²) in [6.07, 6.45) is 0. The van der Waals surface area contributed by atoms with Crippen LogP contribution in [0.5, 0.6) is 0 Å². The standard InChI is InChI=1S/C25H22N4O2S/c1-27-22-21(23(30)28(2)25(27)31)29(24(26-22)32-16-17-9-4-3-5-10-17)15-19-13-8-12-18-11-6-7-14-20(18)19/h3-14H,15-16H2,1-2H3. The Morgan fingerprint density at radius 1 is 0.844 bits per heavy atom. The molecule has 0 spiro atoms. The van der Waals surface area contributed by atoms with Crippen LogP contribution < -0.4 is 11.2 Å². The van der Waals surface area contributed by atoms with Crippen LogP contribution in [-0.2, 0) is 26.4 Å². The van der Waals surface area contributed by atoms with Crippen molar-refractivity contribution < 1.29 is 0 Å². The van der Waals surface area contributed by atoms with E-state index in [0.717, 1.165) is 26.1 Å². The average molecular weight is 443 g/mol. The molecule has 0 fully saturated rings. The van der Waals surface area contributed by atoms with E-state index in [4.69, 9.17) is 4.98 Å². The van der Waals surface area contributed by atoms with E-state index in [2.05, 4.69) is 36.4 Å². The minimum absolute atomic E-state index is 0.331. The number of aromatic nitrogens is 4. The van der Waals surface area contributed by atoms with Crippen LogP contribution in [0.25, 0.3) is 21.9 Å². The molecule has 5 aromatic rings. The van der Waals surface area contributed by atoms with Gasteiger partial charge in [0.25, 0.3) is 5.56 Å². The molecule has 0 aliphatic rings. The normalized spacial score (nSPS) is 11.4. The zero-order valence-electron chi connectivity index (χ0n) is 17.9. The molecule has 0 aliphatic heterocycles. The van der Waals surface area contributed by atoms with E-state index in [9.17, 15) is 9.59 Å². The molecule has 0 saturated carbocycles. The number of rotatable bonds is 5. The van der Waals surface area contributed by atoms with Crippen molar-refractivity contribution in [1.82, 2.24) is 18.7 Å². The lowest BCUT2D eigenvalue weighted by molar-refractivity contribution is 0.697. The largest absolute Gasteiger partial charge is 0.332 e. The maximum absolute atomic E-state index is 13.1. The summed E-state index contributed by atoms with van der Waals surface area (Å²) in [7, 11) is 3.17. The summed E-state index contributed by atoms with van der Waals surface area (Å²) in [5.41, 5.74) is 2.41. The van der Waals surface area contributed by atoms with Crippen LogP contribution >= 0.6 is 11.8 Å². The van der Waals surface area contributed by atoms with Crippen molar-refractivity contribution >= 4 is 33.7 Å². The third-order valence-electron chi connectivity index (χ3n) is 5.73. The van der Waals surface area contributed by atoms with Gasteiger partial charge in [0.1, 0.15) is 0 Å². The van der Waals surface area contributed by atoms with Gasteiger partial charge >= 0.3 is 5.69 Å². The molecule has 0 atom stereocenters. The summed E-state index contributed by atoms with van der Waals surface area (Å²) >= 11 is 1.57. The van der Waals surface area contributed by atoms with Gasteiger partial charge in [-0.3, -0.25) is 13.9 Å². The topological polar surface area (TPSA) is 61.8 Å². The molecule has 7 heteroatoms. The van der Waals surface area contributed by atoms with Crippen LogP contribution in [0.3, 0.4) is 0 Å². The van der Waals surface area contributed by atoms with E-state index in [0.29, 0.717) is 23.5 Å². The number of imidazole rings is 1. The molecule has 0 unspecified atom stereocenters. The molecule has 0 bridgehead atoms. The Labute approximate surface area is 188 Å². The molecule has 3 aromatic carbocycles. The Kier molecular flexibility index (Phi) is 5.19. The molecule has 0 saturated heterocycles. The number of nitrogens with zero attached hydrogens (tertiary/aromatic N) is 4. The molecule has 2 heterocycles. The molecule has 0 N–H and O–H groups in total. The summed E-state index contributed by atoms with van der Waals surface area (Å²) in [6.45, 7) is 0.489. The van der Waals surface area contributed by atoms with E-state index < -0.39 is 0 Å². The SMILES string of the molecule is Cn1c(=O)c2c(nc(SCc3ccccc3)n2Cc2cccc3ccccc23)n(C)c1=O. The van der Waals surface area contributed by atoms with Gasteiger partial charge in [-0.2, -0.15) is 0 Å². The van der Waals surface area contributed by atoms with E-state index in [-0.39, 0.29) is 11.2 Å².